The lowest BCUT2D eigenvalue weighted by atomic mass is 9.95. The smallest absolute Gasteiger partial charge is 0.328 e. The Hall–Kier alpha value is -1.33. The number of pyridine rings is 1. The van der Waals surface area contributed by atoms with Gasteiger partial charge >= 0.3 is 5.97 Å². The number of nitrogens with two attached hydrogens (primary N) is 2. The first-order valence-corrected chi connectivity index (χ1v) is 4.17. The maximum Gasteiger partial charge on any atom is 0.328 e. The van der Waals surface area contributed by atoms with Gasteiger partial charge in [0.15, 0.2) is 0 Å². The van der Waals surface area contributed by atoms with Crippen molar-refractivity contribution in [1.82, 2.24) is 4.98 Å². The van der Waals surface area contributed by atoms with E-state index in [9.17, 15) is 4.79 Å². The van der Waals surface area contributed by atoms with Gasteiger partial charge in [-0.3, -0.25) is 0 Å². The quantitative estimate of drug-likeness (QED) is 0.626. The number of carboxylic acid groups (broad SMARTS) is 1. The Morgan fingerprint density at radius 3 is 2.79 bits per heavy atom. The lowest BCUT2D eigenvalue weighted by molar-refractivity contribution is -0.143. The first-order chi connectivity index (χ1) is 6.35. The van der Waals surface area contributed by atoms with Gasteiger partial charge < -0.3 is 16.6 Å². The van der Waals surface area contributed by atoms with E-state index in [0.717, 1.165) is 0 Å². The van der Waals surface area contributed by atoms with Crippen molar-refractivity contribution in [3.8, 4) is 0 Å². The number of hydrogen-bond acceptors (Lipinski definition) is 4. The molecule has 0 saturated heterocycles. The highest BCUT2D eigenvalue weighted by Gasteiger charge is 2.33. The molecule has 14 heavy (non-hydrogen) atoms. The number of nitrogen functional groups attached to an aromatic ring is 1. The molecule has 1 aromatic rings. The Kier molecular flexibility index (Phi) is 2.64. The summed E-state index contributed by atoms with van der Waals surface area (Å²) in [6.45, 7) is 1.33. The van der Waals surface area contributed by atoms with Crippen molar-refractivity contribution in [2.45, 2.75) is 12.5 Å². The van der Waals surface area contributed by atoms with Crippen LogP contribution in [0.4, 0.5) is 5.69 Å². The van der Waals surface area contributed by atoms with Crippen LogP contribution in [0.5, 0.6) is 0 Å². The summed E-state index contributed by atoms with van der Waals surface area (Å²) >= 11 is 5.71. The van der Waals surface area contributed by atoms with Crippen LogP contribution in [0.3, 0.4) is 0 Å². The molecule has 0 amide bonds. The van der Waals surface area contributed by atoms with Crippen molar-refractivity contribution in [2.75, 3.05) is 5.73 Å². The van der Waals surface area contributed by atoms with Crippen LogP contribution in [0.25, 0.3) is 0 Å². The first kappa shape index (κ1) is 10.7. The van der Waals surface area contributed by atoms with E-state index < -0.39 is 11.5 Å². The predicted molar refractivity (Wildman–Crippen MR) is 52.8 cm³/mol. The number of rotatable bonds is 2. The van der Waals surface area contributed by atoms with Gasteiger partial charge in [-0.1, -0.05) is 11.6 Å². The van der Waals surface area contributed by atoms with E-state index in [2.05, 4.69) is 4.98 Å². The highest BCUT2D eigenvalue weighted by Crippen LogP contribution is 2.26. The molecule has 0 spiro atoms. The summed E-state index contributed by atoms with van der Waals surface area (Å²) < 4.78 is 0. The van der Waals surface area contributed by atoms with Crippen LogP contribution >= 0.6 is 11.6 Å². The minimum absolute atomic E-state index is 0.0478. The van der Waals surface area contributed by atoms with Crippen LogP contribution in [-0.2, 0) is 10.3 Å². The SMILES string of the molecule is C[C@](N)(C(=O)O)c1cc(N)cnc1Cl. The second-order valence-electron chi connectivity index (χ2n) is 3.11. The van der Waals surface area contributed by atoms with Crippen molar-refractivity contribution in [3.63, 3.8) is 0 Å². The summed E-state index contributed by atoms with van der Waals surface area (Å²) in [6.07, 6.45) is 1.34. The minimum atomic E-state index is -1.58. The van der Waals surface area contributed by atoms with Crippen molar-refractivity contribution in [1.29, 1.82) is 0 Å². The molecule has 0 fully saturated rings. The molecule has 0 aliphatic rings. The molecule has 0 unspecified atom stereocenters. The first-order valence-electron chi connectivity index (χ1n) is 3.79. The van der Waals surface area contributed by atoms with Crippen LogP contribution < -0.4 is 11.5 Å². The molecular weight excluding hydrogens is 206 g/mol. The highest BCUT2D eigenvalue weighted by molar-refractivity contribution is 6.30. The molecule has 5 N–H and O–H groups in total. The molecule has 0 aromatic carbocycles. The number of carboxylic acids is 1. The van der Waals surface area contributed by atoms with Crippen molar-refractivity contribution >= 4 is 23.3 Å². The minimum Gasteiger partial charge on any atom is -0.480 e. The van der Waals surface area contributed by atoms with Crippen molar-refractivity contribution < 1.29 is 9.90 Å². The fourth-order valence-electron chi connectivity index (χ4n) is 0.944. The van der Waals surface area contributed by atoms with Crippen LogP contribution in [0.2, 0.25) is 5.15 Å². The zero-order valence-corrected chi connectivity index (χ0v) is 8.25. The van der Waals surface area contributed by atoms with Crippen molar-refractivity contribution in [2.24, 2.45) is 5.73 Å². The summed E-state index contributed by atoms with van der Waals surface area (Å²) in [5.41, 5.74) is 9.96. The van der Waals surface area contributed by atoms with Gasteiger partial charge in [-0.15, -0.1) is 0 Å². The van der Waals surface area contributed by atoms with Crippen LogP contribution in [-0.4, -0.2) is 16.1 Å². The molecule has 0 saturated carbocycles. The van der Waals surface area contributed by atoms with Crippen LogP contribution in [0, 0.1) is 0 Å². The van der Waals surface area contributed by atoms with Gasteiger partial charge in [0.25, 0.3) is 0 Å². The monoisotopic (exact) mass is 215 g/mol. The largest absolute Gasteiger partial charge is 0.480 e. The van der Waals surface area contributed by atoms with Crippen molar-refractivity contribution in [3.05, 3.63) is 23.0 Å². The molecule has 1 aromatic heterocycles. The molecule has 5 nitrogen and oxygen atoms in total. The van der Waals surface area contributed by atoms with Gasteiger partial charge in [0.2, 0.25) is 0 Å². The van der Waals surface area contributed by atoms with E-state index in [1.165, 1.54) is 19.2 Å². The lowest BCUT2D eigenvalue weighted by Gasteiger charge is -2.20. The molecule has 0 bridgehead atoms. The maximum atomic E-state index is 10.8. The summed E-state index contributed by atoms with van der Waals surface area (Å²) in [4.78, 5) is 14.6. The summed E-state index contributed by atoms with van der Waals surface area (Å²) in [5, 5.41) is 8.91. The third-order valence-corrected chi connectivity index (χ3v) is 2.17. The molecule has 0 aliphatic heterocycles. The normalized spacial score (nSPS) is 14.8. The summed E-state index contributed by atoms with van der Waals surface area (Å²) in [5.74, 6) is -1.19. The second kappa shape index (κ2) is 3.43. The molecule has 6 heteroatoms. The molecule has 1 atom stereocenters. The molecule has 1 heterocycles. The zero-order chi connectivity index (χ0) is 10.9. The third-order valence-electron chi connectivity index (χ3n) is 1.86. The maximum absolute atomic E-state index is 10.8. The van der Waals surface area contributed by atoms with Gasteiger partial charge in [-0.25, -0.2) is 9.78 Å². The molecule has 1 rings (SSSR count). The van der Waals surface area contributed by atoms with E-state index in [1.54, 1.807) is 0 Å². The third kappa shape index (κ3) is 1.78. The fraction of sp³-hybridized carbons (Fsp3) is 0.250. The number of hydrogen-bond donors (Lipinski definition) is 3. The van der Waals surface area contributed by atoms with Gasteiger partial charge in [0.05, 0.1) is 11.9 Å². The average molecular weight is 216 g/mol. The number of aliphatic carboxylic acids is 1. The summed E-state index contributed by atoms with van der Waals surface area (Å²) in [7, 11) is 0. The van der Waals surface area contributed by atoms with E-state index in [0.29, 0.717) is 5.69 Å². The topological polar surface area (TPSA) is 102 Å². The van der Waals surface area contributed by atoms with Gasteiger partial charge in [-0.2, -0.15) is 0 Å². The fourth-order valence-corrected chi connectivity index (χ4v) is 1.24. The van der Waals surface area contributed by atoms with E-state index in [1.807, 2.05) is 0 Å². The second-order valence-corrected chi connectivity index (χ2v) is 3.47. The summed E-state index contributed by atoms with van der Waals surface area (Å²) in [6, 6.07) is 1.41. The van der Waals surface area contributed by atoms with E-state index >= 15 is 0 Å². The van der Waals surface area contributed by atoms with Crippen LogP contribution in [0.1, 0.15) is 12.5 Å². The van der Waals surface area contributed by atoms with Gasteiger partial charge in [-0.05, 0) is 13.0 Å². The predicted octanol–water partition coefficient (Wildman–Crippen LogP) is 0.576. The lowest BCUT2D eigenvalue weighted by Crippen LogP contribution is -2.42. The van der Waals surface area contributed by atoms with Gasteiger partial charge in [0, 0.05) is 5.56 Å². The molecule has 0 aliphatic carbocycles. The van der Waals surface area contributed by atoms with E-state index in [-0.39, 0.29) is 10.7 Å². The molecular formula is C8H10ClN3O2. The Balaban J connectivity index is 3.31. The molecule has 76 valence electrons. The number of anilines is 1. The standard InChI is InChI=1S/C8H10ClN3O2/c1-8(11,7(13)14)5-2-4(10)3-12-6(5)9/h2-3H,10-11H2,1H3,(H,13,14)/t8-/m1/s1. The number of nitrogens with zero attached hydrogens (tertiary/aromatic N) is 1. The highest BCUT2D eigenvalue weighted by atomic mass is 35.5. The molecule has 0 radical (unpaired) electrons. The Morgan fingerprint density at radius 2 is 2.29 bits per heavy atom. The average Bonchev–Trinajstić information content (AvgIpc) is 2.08. The Labute approximate surface area is 85.7 Å². The Bertz CT molecular complexity index is 379. The number of halogens is 1. The number of aromatic nitrogens is 1. The van der Waals surface area contributed by atoms with Crippen LogP contribution in [0.15, 0.2) is 12.3 Å². The zero-order valence-electron chi connectivity index (χ0n) is 7.49. The van der Waals surface area contributed by atoms with Gasteiger partial charge in [0.1, 0.15) is 10.7 Å². The number of carbonyl (C=O) groups is 1. The van der Waals surface area contributed by atoms with E-state index in [4.69, 9.17) is 28.2 Å². The Morgan fingerprint density at radius 1 is 1.71 bits per heavy atom.